The number of carbonyl (C=O) groups is 2. The van der Waals surface area contributed by atoms with Crippen LogP contribution < -0.4 is 5.32 Å². The fourth-order valence-corrected chi connectivity index (χ4v) is 3.52. The van der Waals surface area contributed by atoms with Crippen LogP contribution >= 0.6 is 0 Å². The summed E-state index contributed by atoms with van der Waals surface area (Å²) in [6.45, 7) is 1.78. The van der Waals surface area contributed by atoms with Gasteiger partial charge in [0.15, 0.2) is 0 Å². The van der Waals surface area contributed by atoms with E-state index in [1.54, 1.807) is 6.92 Å². The van der Waals surface area contributed by atoms with Gasteiger partial charge in [-0.3, -0.25) is 9.59 Å². The molecule has 1 aromatic carbocycles. The zero-order chi connectivity index (χ0) is 14.8. The summed E-state index contributed by atoms with van der Waals surface area (Å²) >= 11 is 0. The molecule has 4 heteroatoms. The van der Waals surface area contributed by atoms with E-state index < -0.39 is 6.04 Å². The van der Waals surface area contributed by atoms with Gasteiger partial charge in [0.2, 0.25) is 11.8 Å². The number of hydrogen-bond donors (Lipinski definition) is 1. The number of nitrogens with one attached hydrogen (secondary N) is 1. The lowest BCUT2D eigenvalue weighted by Crippen LogP contribution is -2.65. The molecule has 1 aliphatic heterocycles. The molecule has 112 valence electrons. The third-order valence-electron chi connectivity index (χ3n) is 4.61. The van der Waals surface area contributed by atoms with Crippen molar-refractivity contribution in [1.29, 1.82) is 0 Å². The second kappa shape index (κ2) is 5.88. The Hall–Kier alpha value is -1.84. The van der Waals surface area contributed by atoms with E-state index in [0.717, 1.165) is 31.2 Å². The van der Waals surface area contributed by atoms with Gasteiger partial charge in [-0.25, -0.2) is 0 Å². The molecule has 1 heterocycles. The van der Waals surface area contributed by atoms with Crippen LogP contribution in [0.3, 0.4) is 0 Å². The lowest BCUT2D eigenvalue weighted by atomic mass is 9.97. The van der Waals surface area contributed by atoms with Gasteiger partial charge in [0, 0.05) is 12.5 Å². The molecule has 1 saturated carbocycles. The molecule has 0 spiro atoms. The van der Waals surface area contributed by atoms with Crippen LogP contribution in [0, 0.1) is 0 Å². The van der Waals surface area contributed by atoms with Crippen molar-refractivity contribution in [2.45, 2.75) is 57.2 Å². The molecule has 2 unspecified atom stereocenters. The van der Waals surface area contributed by atoms with Crippen LogP contribution in [0.4, 0.5) is 0 Å². The number of hydrogen-bond acceptors (Lipinski definition) is 2. The predicted octanol–water partition coefficient (Wildman–Crippen LogP) is 1.89. The molecular weight excluding hydrogens is 264 g/mol. The first-order valence-electron chi connectivity index (χ1n) is 7.83. The highest BCUT2D eigenvalue weighted by Crippen LogP contribution is 2.28. The van der Waals surface area contributed by atoms with Crippen molar-refractivity contribution < 1.29 is 9.59 Å². The summed E-state index contributed by atoms with van der Waals surface area (Å²) in [5.41, 5.74) is 1.10. The molecular formula is C17H22N2O2. The van der Waals surface area contributed by atoms with Gasteiger partial charge < -0.3 is 10.2 Å². The van der Waals surface area contributed by atoms with Crippen LogP contribution in [0.15, 0.2) is 30.3 Å². The number of carbonyl (C=O) groups excluding carboxylic acids is 2. The molecule has 21 heavy (non-hydrogen) atoms. The minimum atomic E-state index is -0.398. The van der Waals surface area contributed by atoms with Gasteiger partial charge in [-0.05, 0) is 25.3 Å². The van der Waals surface area contributed by atoms with E-state index in [1.807, 2.05) is 35.2 Å². The zero-order valence-electron chi connectivity index (χ0n) is 12.4. The Balaban J connectivity index is 1.86. The van der Waals surface area contributed by atoms with Crippen molar-refractivity contribution >= 4 is 11.8 Å². The maximum absolute atomic E-state index is 12.6. The third kappa shape index (κ3) is 2.80. The molecule has 2 atom stereocenters. The van der Waals surface area contributed by atoms with Crippen molar-refractivity contribution in [3.05, 3.63) is 35.9 Å². The van der Waals surface area contributed by atoms with Gasteiger partial charge in [-0.1, -0.05) is 43.2 Å². The van der Waals surface area contributed by atoms with Gasteiger partial charge in [0.25, 0.3) is 0 Å². The monoisotopic (exact) mass is 286 g/mol. The molecule has 2 aliphatic rings. The first kappa shape index (κ1) is 14.1. The Labute approximate surface area is 125 Å². The predicted molar refractivity (Wildman–Crippen MR) is 80.6 cm³/mol. The number of benzene rings is 1. The number of amides is 2. The first-order chi connectivity index (χ1) is 10.2. The van der Waals surface area contributed by atoms with Gasteiger partial charge in [0.05, 0.1) is 0 Å². The van der Waals surface area contributed by atoms with E-state index in [4.69, 9.17) is 0 Å². The van der Waals surface area contributed by atoms with Crippen LogP contribution in [0.1, 0.15) is 38.2 Å². The molecule has 2 fully saturated rings. The Kier molecular flexibility index (Phi) is 3.95. The zero-order valence-corrected chi connectivity index (χ0v) is 12.4. The van der Waals surface area contributed by atoms with Crippen LogP contribution in [0.25, 0.3) is 0 Å². The van der Waals surface area contributed by atoms with Gasteiger partial charge in [0.1, 0.15) is 12.1 Å². The number of piperazine rings is 1. The van der Waals surface area contributed by atoms with Crippen LogP contribution in [-0.4, -0.2) is 34.8 Å². The topological polar surface area (TPSA) is 49.4 Å². The largest absolute Gasteiger partial charge is 0.343 e. The van der Waals surface area contributed by atoms with Crippen molar-refractivity contribution in [3.63, 3.8) is 0 Å². The molecule has 1 N–H and O–H groups in total. The van der Waals surface area contributed by atoms with E-state index in [2.05, 4.69) is 5.32 Å². The minimum Gasteiger partial charge on any atom is -0.343 e. The smallest absolute Gasteiger partial charge is 0.245 e. The quantitative estimate of drug-likeness (QED) is 0.922. The Morgan fingerprint density at radius 1 is 1.14 bits per heavy atom. The number of rotatable bonds is 3. The summed E-state index contributed by atoms with van der Waals surface area (Å²) in [7, 11) is 0. The fraction of sp³-hybridized carbons (Fsp3) is 0.529. The summed E-state index contributed by atoms with van der Waals surface area (Å²) in [6, 6.07) is 9.42. The summed E-state index contributed by atoms with van der Waals surface area (Å²) in [6.07, 6.45) is 4.96. The van der Waals surface area contributed by atoms with E-state index >= 15 is 0 Å². The molecule has 0 radical (unpaired) electrons. The van der Waals surface area contributed by atoms with Crippen molar-refractivity contribution in [2.75, 3.05) is 0 Å². The summed E-state index contributed by atoms with van der Waals surface area (Å²) in [5.74, 6) is 0.0558. The summed E-state index contributed by atoms with van der Waals surface area (Å²) in [5, 5.41) is 2.82. The summed E-state index contributed by atoms with van der Waals surface area (Å²) in [4.78, 5) is 26.9. The van der Waals surface area contributed by atoms with Gasteiger partial charge in [-0.2, -0.15) is 0 Å². The SMILES string of the molecule is CC1NC(=O)C(Cc2ccccc2)N(C2CCCC2)C1=O. The standard InChI is InChI=1S/C17H22N2O2/c1-12-17(21)19(14-9-5-6-10-14)15(16(20)18-12)11-13-7-3-2-4-8-13/h2-4,7-8,12,14-15H,5-6,9-11H2,1H3,(H,18,20). The highest BCUT2D eigenvalue weighted by Gasteiger charge is 2.42. The minimum absolute atomic E-state index is 0.0159. The van der Waals surface area contributed by atoms with Crippen molar-refractivity contribution in [1.82, 2.24) is 10.2 Å². The molecule has 0 bridgehead atoms. The molecule has 3 rings (SSSR count). The Morgan fingerprint density at radius 2 is 1.81 bits per heavy atom. The molecule has 0 aromatic heterocycles. The van der Waals surface area contributed by atoms with E-state index in [9.17, 15) is 9.59 Å². The second-order valence-electron chi connectivity index (χ2n) is 6.12. The summed E-state index contributed by atoms with van der Waals surface area (Å²) < 4.78 is 0. The highest BCUT2D eigenvalue weighted by atomic mass is 16.2. The van der Waals surface area contributed by atoms with Crippen LogP contribution in [0.2, 0.25) is 0 Å². The van der Waals surface area contributed by atoms with E-state index in [-0.39, 0.29) is 23.9 Å². The lowest BCUT2D eigenvalue weighted by Gasteiger charge is -2.41. The maximum atomic E-state index is 12.6. The highest BCUT2D eigenvalue weighted by molar-refractivity contribution is 5.97. The molecule has 1 aromatic rings. The molecule has 1 aliphatic carbocycles. The molecule has 1 saturated heterocycles. The fourth-order valence-electron chi connectivity index (χ4n) is 3.52. The van der Waals surface area contributed by atoms with Gasteiger partial charge in [-0.15, -0.1) is 0 Å². The van der Waals surface area contributed by atoms with Crippen LogP contribution in [-0.2, 0) is 16.0 Å². The number of nitrogens with zero attached hydrogens (tertiary/aromatic N) is 1. The second-order valence-corrected chi connectivity index (χ2v) is 6.12. The van der Waals surface area contributed by atoms with Crippen molar-refractivity contribution in [3.8, 4) is 0 Å². The lowest BCUT2D eigenvalue weighted by molar-refractivity contribution is -0.151. The van der Waals surface area contributed by atoms with E-state index in [1.165, 1.54) is 0 Å². The van der Waals surface area contributed by atoms with E-state index in [0.29, 0.717) is 6.42 Å². The van der Waals surface area contributed by atoms with Crippen LogP contribution in [0.5, 0.6) is 0 Å². The van der Waals surface area contributed by atoms with Gasteiger partial charge >= 0.3 is 0 Å². The Bertz CT molecular complexity index is 523. The molecule has 4 nitrogen and oxygen atoms in total. The third-order valence-corrected chi connectivity index (χ3v) is 4.61. The normalized spacial score (nSPS) is 27.0. The van der Waals surface area contributed by atoms with Crippen molar-refractivity contribution in [2.24, 2.45) is 0 Å². The average Bonchev–Trinajstić information content (AvgIpc) is 3.00. The average molecular weight is 286 g/mol. The Morgan fingerprint density at radius 3 is 2.48 bits per heavy atom. The first-order valence-corrected chi connectivity index (χ1v) is 7.83. The maximum Gasteiger partial charge on any atom is 0.245 e. The molecule has 2 amide bonds.